The fourth-order valence-corrected chi connectivity index (χ4v) is 2.17. The van der Waals surface area contributed by atoms with Crippen molar-refractivity contribution in [3.63, 3.8) is 0 Å². The summed E-state index contributed by atoms with van der Waals surface area (Å²) in [6.07, 6.45) is 0. The van der Waals surface area contributed by atoms with Crippen molar-refractivity contribution in [2.45, 2.75) is 0 Å². The van der Waals surface area contributed by atoms with Gasteiger partial charge in [-0.1, -0.05) is 6.07 Å². The number of hydrogen-bond donors (Lipinski definition) is 2. The van der Waals surface area contributed by atoms with Crippen molar-refractivity contribution in [3.8, 4) is 0 Å². The Labute approximate surface area is 138 Å². The van der Waals surface area contributed by atoms with Crippen molar-refractivity contribution in [2.75, 3.05) is 10.6 Å². The number of carbonyl (C=O) groups is 1. The zero-order valence-corrected chi connectivity index (χ0v) is 12.6. The Morgan fingerprint density at radius 1 is 0.708 bits per heavy atom. The number of carbonyl (C=O) groups excluding carboxylic acids is 1. The van der Waals surface area contributed by atoms with Crippen molar-refractivity contribution >= 4 is 23.0 Å². The number of hydrogen-bond acceptors (Lipinski definition) is 2. The average Bonchev–Trinajstić information content (AvgIpc) is 2.59. The molecule has 0 unspecified atom stereocenters. The van der Waals surface area contributed by atoms with Crippen molar-refractivity contribution in [1.29, 1.82) is 0 Å². The monoisotopic (exact) mass is 324 g/mol. The van der Waals surface area contributed by atoms with Gasteiger partial charge in [0.1, 0.15) is 11.6 Å². The first-order valence-corrected chi connectivity index (χ1v) is 7.30. The first-order valence-electron chi connectivity index (χ1n) is 7.30. The smallest absolute Gasteiger partial charge is 0.255 e. The van der Waals surface area contributed by atoms with Gasteiger partial charge in [0.05, 0.1) is 0 Å². The molecule has 0 atom stereocenters. The van der Waals surface area contributed by atoms with E-state index in [1.807, 2.05) is 0 Å². The lowest BCUT2D eigenvalue weighted by Crippen LogP contribution is -2.11. The Kier molecular flexibility index (Phi) is 4.52. The third-order valence-electron chi connectivity index (χ3n) is 3.36. The molecule has 120 valence electrons. The summed E-state index contributed by atoms with van der Waals surface area (Å²) in [4.78, 5) is 12.0. The van der Waals surface area contributed by atoms with Gasteiger partial charge in [0, 0.05) is 22.6 Å². The summed E-state index contributed by atoms with van der Waals surface area (Å²) in [5, 5.41) is 5.82. The molecule has 3 rings (SSSR count). The summed E-state index contributed by atoms with van der Waals surface area (Å²) in [7, 11) is 0. The summed E-state index contributed by atoms with van der Waals surface area (Å²) < 4.78 is 26.0. The Balaban J connectivity index is 1.66. The largest absolute Gasteiger partial charge is 0.356 e. The van der Waals surface area contributed by atoms with Crippen molar-refractivity contribution in [1.82, 2.24) is 0 Å². The highest BCUT2D eigenvalue weighted by Gasteiger charge is 2.07. The van der Waals surface area contributed by atoms with Gasteiger partial charge in [-0.3, -0.25) is 4.79 Å². The molecule has 0 bridgehead atoms. The predicted octanol–water partition coefficient (Wildman–Crippen LogP) is 4.96. The Bertz CT molecular complexity index is 846. The van der Waals surface area contributed by atoms with Crippen LogP contribution in [0.1, 0.15) is 10.4 Å². The third-order valence-corrected chi connectivity index (χ3v) is 3.36. The van der Waals surface area contributed by atoms with Gasteiger partial charge in [0.15, 0.2) is 0 Å². The summed E-state index contributed by atoms with van der Waals surface area (Å²) in [5.41, 5.74) is 2.40. The molecule has 3 aromatic carbocycles. The van der Waals surface area contributed by atoms with Crippen LogP contribution in [-0.2, 0) is 0 Å². The number of amides is 1. The average molecular weight is 324 g/mol. The van der Waals surface area contributed by atoms with Crippen molar-refractivity contribution < 1.29 is 13.6 Å². The van der Waals surface area contributed by atoms with Crippen molar-refractivity contribution in [3.05, 3.63) is 90.0 Å². The van der Waals surface area contributed by atoms with Gasteiger partial charge in [-0.25, -0.2) is 8.78 Å². The highest BCUT2D eigenvalue weighted by Crippen LogP contribution is 2.19. The van der Waals surface area contributed by atoms with Crippen LogP contribution < -0.4 is 10.6 Å². The highest BCUT2D eigenvalue weighted by molar-refractivity contribution is 6.04. The molecule has 2 N–H and O–H groups in total. The van der Waals surface area contributed by atoms with Gasteiger partial charge in [-0.15, -0.1) is 0 Å². The summed E-state index contributed by atoms with van der Waals surface area (Å²) in [5.74, 6) is -1.13. The van der Waals surface area contributed by atoms with Crippen LogP contribution in [0.2, 0.25) is 0 Å². The van der Waals surface area contributed by atoms with E-state index in [0.717, 1.165) is 11.4 Å². The maximum Gasteiger partial charge on any atom is 0.255 e. The van der Waals surface area contributed by atoms with Gasteiger partial charge in [-0.05, 0) is 66.7 Å². The molecular weight excluding hydrogens is 310 g/mol. The van der Waals surface area contributed by atoms with Crippen molar-refractivity contribution in [2.24, 2.45) is 0 Å². The molecule has 0 aliphatic rings. The Morgan fingerprint density at radius 3 is 1.92 bits per heavy atom. The lowest BCUT2D eigenvalue weighted by Gasteiger charge is -2.09. The zero-order chi connectivity index (χ0) is 16.9. The molecule has 0 fully saturated rings. The number of rotatable bonds is 4. The van der Waals surface area contributed by atoms with Crippen LogP contribution in [0.4, 0.5) is 25.8 Å². The standard InChI is InChI=1S/C19H14F2N2O/c20-14-4-6-16(7-5-14)22-17-8-10-18(11-9-17)23-19(24)13-2-1-3-15(21)12-13/h1-12,22H,(H,23,24). The quantitative estimate of drug-likeness (QED) is 0.712. The van der Waals surface area contributed by atoms with Crippen LogP contribution in [0.15, 0.2) is 72.8 Å². The van der Waals surface area contributed by atoms with Crippen LogP contribution >= 0.6 is 0 Å². The lowest BCUT2D eigenvalue weighted by atomic mass is 10.2. The van der Waals surface area contributed by atoms with Gasteiger partial charge >= 0.3 is 0 Å². The van der Waals surface area contributed by atoms with E-state index in [-0.39, 0.29) is 17.3 Å². The minimum atomic E-state index is -0.457. The number of benzene rings is 3. The van der Waals surface area contributed by atoms with Gasteiger partial charge in [0.2, 0.25) is 0 Å². The number of nitrogens with one attached hydrogen (secondary N) is 2. The zero-order valence-electron chi connectivity index (χ0n) is 12.6. The topological polar surface area (TPSA) is 41.1 Å². The fraction of sp³-hybridized carbons (Fsp3) is 0. The SMILES string of the molecule is O=C(Nc1ccc(Nc2ccc(F)cc2)cc1)c1cccc(F)c1. The predicted molar refractivity (Wildman–Crippen MR) is 90.5 cm³/mol. The summed E-state index contributed by atoms with van der Waals surface area (Å²) >= 11 is 0. The van der Waals surface area contributed by atoms with E-state index < -0.39 is 5.82 Å². The van der Waals surface area contributed by atoms with Crippen LogP contribution in [0.5, 0.6) is 0 Å². The molecular formula is C19H14F2N2O. The second kappa shape index (κ2) is 6.91. The van der Waals surface area contributed by atoms with Gasteiger partial charge in [-0.2, -0.15) is 0 Å². The van der Waals surface area contributed by atoms with Crippen LogP contribution in [-0.4, -0.2) is 5.91 Å². The molecule has 0 saturated heterocycles. The minimum absolute atomic E-state index is 0.253. The molecule has 0 aliphatic heterocycles. The first-order chi connectivity index (χ1) is 11.6. The first kappa shape index (κ1) is 15.7. The fourth-order valence-electron chi connectivity index (χ4n) is 2.17. The lowest BCUT2D eigenvalue weighted by molar-refractivity contribution is 0.102. The van der Waals surface area contributed by atoms with E-state index in [1.54, 1.807) is 42.5 Å². The molecule has 1 amide bonds. The third kappa shape index (κ3) is 3.95. The molecule has 3 aromatic rings. The molecule has 0 aromatic heterocycles. The van der Waals surface area contributed by atoms with E-state index >= 15 is 0 Å². The molecule has 0 aliphatic carbocycles. The molecule has 0 spiro atoms. The second-order valence-corrected chi connectivity index (χ2v) is 5.17. The van der Waals surface area contributed by atoms with Crippen LogP contribution in [0, 0.1) is 11.6 Å². The maximum atomic E-state index is 13.1. The normalized spacial score (nSPS) is 10.2. The number of halogens is 2. The molecule has 0 radical (unpaired) electrons. The Hall–Kier alpha value is -3.21. The second-order valence-electron chi connectivity index (χ2n) is 5.17. The maximum absolute atomic E-state index is 13.1. The van der Waals surface area contributed by atoms with E-state index in [0.29, 0.717) is 5.69 Å². The molecule has 0 heterocycles. The molecule has 5 heteroatoms. The highest BCUT2D eigenvalue weighted by atomic mass is 19.1. The Morgan fingerprint density at radius 2 is 1.29 bits per heavy atom. The van der Waals surface area contributed by atoms with Crippen LogP contribution in [0.3, 0.4) is 0 Å². The summed E-state index contributed by atoms with van der Waals surface area (Å²) in [6.45, 7) is 0. The summed E-state index contributed by atoms with van der Waals surface area (Å²) in [6, 6.07) is 18.5. The van der Waals surface area contributed by atoms with E-state index in [9.17, 15) is 13.6 Å². The molecule has 3 nitrogen and oxygen atoms in total. The number of anilines is 3. The molecule has 24 heavy (non-hydrogen) atoms. The van der Waals surface area contributed by atoms with Crippen LogP contribution in [0.25, 0.3) is 0 Å². The van der Waals surface area contributed by atoms with E-state index in [2.05, 4.69) is 10.6 Å². The van der Waals surface area contributed by atoms with E-state index in [4.69, 9.17) is 0 Å². The van der Waals surface area contributed by atoms with E-state index in [1.165, 1.54) is 30.3 Å². The van der Waals surface area contributed by atoms with Gasteiger partial charge in [0.25, 0.3) is 5.91 Å². The van der Waals surface area contributed by atoms with Gasteiger partial charge < -0.3 is 10.6 Å². The molecule has 0 saturated carbocycles. The minimum Gasteiger partial charge on any atom is -0.356 e.